The van der Waals surface area contributed by atoms with Crippen LogP contribution in [-0.4, -0.2) is 63.9 Å². The Morgan fingerprint density at radius 1 is 1.09 bits per heavy atom. The molecule has 1 N–H and O–H groups in total. The van der Waals surface area contributed by atoms with Crippen molar-refractivity contribution in [1.29, 1.82) is 0 Å². The molecule has 0 aromatic heterocycles. The van der Waals surface area contributed by atoms with Crippen LogP contribution in [0.15, 0.2) is 48.5 Å². The van der Waals surface area contributed by atoms with Crippen LogP contribution in [-0.2, 0) is 26.2 Å². The maximum Gasteiger partial charge on any atom is 0.244 e. The first-order chi connectivity index (χ1) is 15.5. The molecular weight excluding hydrogens is 446 g/mol. The average molecular weight is 476 g/mol. The minimum Gasteiger partial charge on any atom is -0.497 e. The monoisotopic (exact) mass is 475 g/mol. The van der Waals surface area contributed by atoms with E-state index < -0.39 is 34.4 Å². The van der Waals surface area contributed by atoms with Gasteiger partial charge in [-0.25, -0.2) is 8.42 Å². The number of ether oxygens (including phenoxy) is 1. The Hall–Kier alpha value is -3.40. The topological polar surface area (TPSA) is 113 Å². The molecule has 0 fully saturated rings. The fraction of sp³-hybridized carbons (Fsp3) is 0.348. The summed E-state index contributed by atoms with van der Waals surface area (Å²) in [5, 5.41) is 2.52. The van der Waals surface area contributed by atoms with E-state index in [1.54, 1.807) is 43.3 Å². The van der Waals surface area contributed by atoms with E-state index >= 15 is 0 Å². The van der Waals surface area contributed by atoms with Gasteiger partial charge in [0.05, 0.1) is 19.1 Å². The molecule has 0 saturated heterocycles. The molecule has 2 aromatic rings. The summed E-state index contributed by atoms with van der Waals surface area (Å²) in [7, 11) is -0.886. The predicted octanol–water partition coefficient (Wildman–Crippen LogP) is 1.83. The minimum atomic E-state index is -3.87. The highest BCUT2D eigenvalue weighted by Gasteiger charge is 2.30. The van der Waals surface area contributed by atoms with Gasteiger partial charge in [0.2, 0.25) is 21.8 Å². The number of Topliss-reactive ketones (excluding diaryl/α,β-unsaturated/α-hetero) is 1. The second-order valence-corrected chi connectivity index (χ2v) is 9.45. The van der Waals surface area contributed by atoms with Crippen molar-refractivity contribution in [1.82, 2.24) is 10.2 Å². The third kappa shape index (κ3) is 6.79. The van der Waals surface area contributed by atoms with Crippen LogP contribution in [0.3, 0.4) is 0 Å². The normalized spacial score (nSPS) is 11.9. The highest BCUT2D eigenvalue weighted by Crippen LogP contribution is 2.21. The van der Waals surface area contributed by atoms with Crippen molar-refractivity contribution in [2.75, 3.05) is 31.3 Å². The first kappa shape index (κ1) is 25.9. The van der Waals surface area contributed by atoms with Gasteiger partial charge >= 0.3 is 0 Å². The number of nitrogens with one attached hydrogen (secondary N) is 1. The number of hydrogen-bond acceptors (Lipinski definition) is 6. The van der Waals surface area contributed by atoms with Crippen LogP contribution in [0.5, 0.6) is 5.75 Å². The van der Waals surface area contributed by atoms with Gasteiger partial charge in [0.1, 0.15) is 18.3 Å². The summed E-state index contributed by atoms with van der Waals surface area (Å²) in [4.78, 5) is 38.8. The molecule has 0 aliphatic carbocycles. The van der Waals surface area contributed by atoms with Gasteiger partial charge in [0, 0.05) is 19.2 Å². The van der Waals surface area contributed by atoms with Gasteiger partial charge in [-0.05, 0) is 43.7 Å². The van der Waals surface area contributed by atoms with Crippen LogP contribution in [0.2, 0.25) is 0 Å². The lowest BCUT2D eigenvalue weighted by Gasteiger charge is -2.31. The number of amides is 2. The molecule has 0 spiro atoms. The standard InChI is InChI=1S/C23H29N3O6S/c1-16(23(29)24-3)25(14-18-8-6-11-21(12-18)32-4)22(28)15-26(33(5,30)31)20-10-7-9-19(13-20)17(2)27/h6-13,16H,14-15H2,1-5H3,(H,24,29)/t16-/m1/s1. The number of anilines is 1. The van der Waals surface area contributed by atoms with E-state index in [1.807, 2.05) is 0 Å². The van der Waals surface area contributed by atoms with Crippen LogP contribution in [0, 0.1) is 0 Å². The smallest absolute Gasteiger partial charge is 0.244 e. The third-order valence-corrected chi connectivity index (χ3v) is 6.26. The lowest BCUT2D eigenvalue weighted by Crippen LogP contribution is -2.50. The third-order valence-electron chi connectivity index (χ3n) is 5.12. The second-order valence-electron chi connectivity index (χ2n) is 7.54. The lowest BCUT2D eigenvalue weighted by molar-refractivity contribution is -0.139. The number of carbonyl (C=O) groups excluding carboxylic acids is 3. The zero-order valence-corrected chi connectivity index (χ0v) is 20.2. The molecule has 1 atom stereocenters. The van der Waals surface area contributed by atoms with Crippen molar-refractivity contribution in [3.63, 3.8) is 0 Å². The van der Waals surface area contributed by atoms with E-state index in [2.05, 4.69) is 5.32 Å². The first-order valence-corrected chi connectivity index (χ1v) is 12.1. The van der Waals surface area contributed by atoms with E-state index in [0.29, 0.717) is 16.9 Å². The second kappa shape index (κ2) is 11.0. The van der Waals surface area contributed by atoms with E-state index in [0.717, 1.165) is 10.6 Å². The van der Waals surface area contributed by atoms with Gasteiger partial charge in [0.25, 0.3) is 0 Å². The maximum atomic E-state index is 13.4. The Morgan fingerprint density at radius 2 is 1.76 bits per heavy atom. The van der Waals surface area contributed by atoms with Gasteiger partial charge in [-0.3, -0.25) is 18.7 Å². The van der Waals surface area contributed by atoms with E-state index in [9.17, 15) is 22.8 Å². The summed E-state index contributed by atoms with van der Waals surface area (Å²) in [6.45, 7) is 2.47. The van der Waals surface area contributed by atoms with Crippen molar-refractivity contribution >= 4 is 33.3 Å². The summed E-state index contributed by atoms with van der Waals surface area (Å²) >= 11 is 0. The number of benzene rings is 2. The Morgan fingerprint density at radius 3 is 2.33 bits per heavy atom. The minimum absolute atomic E-state index is 0.0652. The Kier molecular flexibility index (Phi) is 8.58. The van der Waals surface area contributed by atoms with Gasteiger partial charge < -0.3 is 15.0 Å². The number of rotatable bonds is 10. The zero-order valence-electron chi connectivity index (χ0n) is 19.4. The van der Waals surface area contributed by atoms with Crippen molar-refractivity contribution in [2.45, 2.75) is 26.4 Å². The quantitative estimate of drug-likeness (QED) is 0.525. The lowest BCUT2D eigenvalue weighted by atomic mass is 10.1. The van der Waals surface area contributed by atoms with Crippen molar-refractivity contribution < 1.29 is 27.5 Å². The highest BCUT2D eigenvalue weighted by atomic mass is 32.2. The summed E-state index contributed by atoms with van der Waals surface area (Å²) in [6, 6.07) is 12.2. The first-order valence-electron chi connectivity index (χ1n) is 10.2. The van der Waals surface area contributed by atoms with E-state index in [-0.39, 0.29) is 18.0 Å². The number of methoxy groups -OCH3 is 1. The summed E-state index contributed by atoms with van der Waals surface area (Å²) in [5.74, 6) is -0.612. The molecule has 178 valence electrons. The average Bonchev–Trinajstić information content (AvgIpc) is 2.79. The van der Waals surface area contributed by atoms with Crippen LogP contribution < -0.4 is 14.4 Å². The highest BCUT2D eigenvalue weighted by molar-refractivity contribution is 7.92. The Balaban J connectivity index is 2.42. The molecule has 0 saturated carbocycles. The SMILES string of the molecule is CNC(=O)[C@@H](C)N(Cc1cccc(OC)c1)C(=O)CN(c1cccc(C(C)=O)c1)S(C)(=O)=O. The molecule has 0 radical (unpaired) electrons. The van der Waals surface area contributed by atoms with Crippen LogP contribution in [0.25, 0.3) is 0 Å². The van der Waals surface area contributed by atoms with Crippen molar-refractivity contribution in [2.24, 2.45) is 0 Å². The summed E-state index contributed by atoms with van der Waals surface area (Å²) < 4.78 is 31.2. The molecule has 0 heterocycles. The molecule has 0 bridgehead atoms. The van der Waals surface area contributed by atoms with E-state index in [1.165, 1.54) is 38.1 Å². The maximum absolute atomic E-state index is 13.4. The molecule has 10 heteroatoms. The molecule has 33 heavy (non-hydrogen) atoms. The molecule has 2 rings (SSSR count). The van der Waals surface area contributed by atoms with Gasteiger partial charge in [-0.15, -0.1) is 0 Å². The number of ketones is 1. The number of hydrogen-bond donors (Lipinski definition) is 1. The fourth-order valence-corrected chi connectivity index (χ4v) is 4.09. The number of sulfonamides is 1. The van der Waals surface area contributed by atoms with Gasteiger partial charge in [0.15, 0.2) is 5.78 Å². The molecule has 9 nitrogen and oxygen atoms in total. The molecule has 0 unspecified atom stereocenters. The Labute approximate surface area is 194 Å². The number of nitrogens with zero attached hydrogens (tertiary/aromatic N) is 2. The summed E-state index contributed by atoms with van der Waals surface area (Å²) in [5.41, 5.74) is 1.22. The largest absolute Gasteiger partial charge is 0.497 e. The van der Waals surface area contributed by atoms with Crippen LogP contribution >= 0.6 is 0 Å². The van der Waals surface area contributed by atoms with Crippen molar-refractivity contribution in [3.8, 4) is 5.75 Å². The molecule has 0 aliphatic rings. The van der Waals surface area contributed by atoms with Gasteiger partial charge in [-0.2, -0.15) is 0 Å². The summed E-state index contributed by atoms with van der Waals surface area (Å²) in [6.07, 6.45) is 0.981. The number of likely N-dealkylation sites (N-methyl/N-ethyl adjacent to an activating group) is 1. The van der Waals surface area contributed by atoms with Crippen LogP contribution in [0.1, 0.15) is 29.8 Å². The zero-order chi connectivity index (χ0) is 24.8. The predicted molar refractivity (Wildman–Crippen MR) is 126 cm³/mol. The van der Waals surface area contributed by atoms with E-state index in [4.69, 9.17) is 4.74 Å². The molecular formula is C23H29N3O6S. The molecule has 2 amide bonds. The number of carbonyl (C=O) groups is 3. The van der Waals surface area contributed by atoms with Crippen LogP contribution in [0.4, 0.5) is 5.69 Å². The van der Waals surface area contributed by atoms with Gasteiger partial charge in [-0.1, -0.05) is 24.3 Å². The molecule has 2 aromatic carbocycles. The molecule has 0 aliphatic heterocycles. The van der Waals surface area contributed by atoms with Crippen molar-refractivity contribution in [3.05, 3.63) is 59.7 Å². The Bertz CT molecular complexity index is 1130. The fourth-order valence-electron chi connectivity index (χ4n) is 3.25.